The normalized spacial score (nSPS) is 25.9. The molecule has 0 aromatic heterocycles. The van der Waals surface area contributed by atoms with E-state index in [1.165, 1.54) is 12.1 Å². The SMILES string of the molecule is CC(NS(=O)(=O)c1ccccc1)C(=O)N1CCC2(CCNC2)C1. The molecule has 7 heteroatoms. The Morgan fingerprint density at radius 1 is 1.30 bits per heavy atom. The molecule has 2 aliphatic heterocycles. The smallest absolute Gasteiger partial charge is 0.241 e. The summed E-state index contributed by atoms with van der Waals surface area (Å²) in [5.41, 5.74) is 0.188. The Balaban J connectivity index is 1.64. The van der Waals surface area contributed by atoms with Gasteiger partial charge in [-0.15, -0.1) is 0 Å². The molecule has 126 valence electrons. The first-order chi connectivity index (χ1) is 10.9. The summed E-state index contributed by atoms with van der Waals surface area (Å²) < 4.78 is 27.1. The molecule has 23 heavy (non-hydrogen) atoms. The average Bonchev–Trinajstić information content (AvgIpc) is 3.17. The molecule has 1 spiro atoms. The van der Waals surface area contributed by atoms with Gasteiger partial charge < -0.3 is 10.2 Å². The van der Waals surface area contributed by atoms with Gasteiger partial charge in [0, 0.05) is 25.0 Å². The van der Waals surface area contributed by atoms with Crippen LogP contribution in [-0.2, 0) is 14.8 Å². The van der Waals surface area contributed by atoms with E-state index in [0.717, 1.165) is 32.5 Å². The summed E-state index contributed by atoms with van der Waals surface area (Å²) in [4.78, 5) is 14.5. The summed E-state index contributed by atoms with van der Waals surface area (Å²) in [6, 6.07) is 7.37. The van der Waals surface area contributed by atoms with Gasteiger partial charge in [0.25, 0.3) is 0 Å². The van der Waals surface area contributed by atoms with Crippen LogP contribution in [0.5, 0.6) is 0 Å². The molecule has 6 nitrogen and oxygen atoms in total. The molecule has 3 rings (SSSR count). The van der Waals surface area contributed by atoms with E-state index in [-0.39, 0.29) is 16.2 Å². The van der Waals surface area contributed by atoms with Crippen molar-refractivity contribution in [1.29, 1.82) is 0 Å². The van der Waals surface area contributed by atoms with Crippen molar-refractivity contribution in [2.75, 3.05) is 26.2 Å². The maximum atomic E-state index is 12.6. The first-order valence-electron chi connectivity index (χ1n) is 7.99. The van der Waals surface area contributed by atoms with E-state index < -0.39 is 16.1 Å². The number of nitrogens with one attached hydrogen (secondary N) is 2. The van der Waals surface area contributed by atoms with Gasteiger partial charge in [0.05, 0.1) is 10.9 Å². The van der Waals surface area contributed by atoms with Crippen molar-refractivity contribution in [3.63, 3.8) is 0 Å². The summed E-state index contributed by atoms with van der Waals surface area (Å²) in [7, 11) is -3.67. The van der Waals surface area contributed by atoms with Gasteiger partial charge in [-0.1, -0.05) is 18.2 Å². The minimum atomic E-state index is -3.67. The van der Waals surface area contributed by atoms with Crippen LogP contribution >= 0.6 is 0 Å². The number of rotatable bonds is 4. The Bertz CT molecular complexity index is 669. The second kappa shape index (κ2) is 6.22. The molecule has 0 bridgehead atoms. The number of carbonyl (C=O) groups is 1. The van der Waals surface area contributed by atoms with Crippen LogP contribution in [0.2, 0.25) is 0 Å². The summed E-state index contributed by atoms with van der Waals surface area (Å²) in [5, 5.41) is 3.35. The number of sulfonamides is 1. The summed E-state index contributed by atoms with van der Waals surface area (Å²) >= 11 is 0. The topological polar surface area (TPSA) is 78.5 Å². The molecule has 0 aliphatic carbocycles. The molecule has 2 fully saturated rings. The van der Waals surface area contributed by atoms with E-state index in [1.54, 1.807) is 30.0 Å². The highest BCUT2D eigenvalue weighted by Gasteiger charge is 2.42. The van der Waals surface area contributed by atoms with E-state index in [0.29, 0.717) is 6.54 Å². The fraction of sp³-hybridized carbons (Fsp3) is 0.562. The third-order valence-electron chi connectivity index (χ3n) is 4.84. The zero-order chi connectivity index (χ0) is 16.5. The monoisotopic (exact) mass is 337 g/mol. The van der Waals surface area contributed by atoms with E-state index >= 15 is 0 Å². The third-order valence-corrected chi connectivity index (χ3v) is 6.39. The van der Waals surface area contributed by atoms with Gasteiger partial charge in [0.1, 0.15) is 0 Å². The number of nitrogens with zero attached hydrogens (tertiary/aromatic N) is 1. The summed E-state index contributed by atoms with van der Waals surface area (Å²) in [6.45, 7) is 4.98. The number of amides is 1. The molecular formula is C16H23N3O3S. The first-order valence-corrected chi connectivity index (χ1v) is 9.47. The third kappa shape index (κ3) is 3.41. The Morgan fingerprint density at radius 3 is 2.70 bits per heavy atom. The van der Waals surface area contributed by atoms with Gasteiger partial charge in [0.15, 0.2) is 0 Å². The largest absolute Gasteiger partial charge is 0.341 e. The van der Waals surface area contributed by atoms with Crippen molar-refractivity contribution in [3.8, 4) is 0 Å². The highest BCUT2D eigenvalue weighted by molar-refractivity contribution is 7.89. The Morgan fingerprint density at radius 2 is 2.04 bits per heavy atom. The van der Waals surface area contributed by atoms with Gasteiger partial charge in [-0.25, -0.2) is 8.42 Å². The lowest BCUT2D eigenvalue weighted by Gasteiger charge is -2.25. The fourth-order valence-electron chi connectivity index (χ4n) is 3.49. The van der Waals surface area contributed by atoms with E-state index in [2.05, 4.69) is 10.0 Å². The Labute approximate surface area is 137 Å². The first kappa shape index (κ1) is 16.4. The highest BCUT2D eigenvalue weighted by Crippen LogP contribution is 2.36. The predicted octanol–water partition coefficient (Wildman–Crippen LogP) is 0.565. The van der Waals surface area contributed by atoms with Crippen LogP contribution in [0.3, 0.4) is 0 Å². The molecule has 2 unspecified atom stereocenters. The molecule has 0 radical (unpaired) electrons. The molecule has 2 saturated heterocycles. The van der Waals surface area contributed by atoms with E-state index in [1.807, 2.05) is 0 Å². The van der Waals surface area contributed by atoms with Crippen molar-refractivity contribution in [1.82, 2.24) is 14.9 Å². The lowest BCUT2D eigenvalue weighted by atomic mass is 9.86. The van der Waals surface area contributed by atoms with Crippen molar-refractivity contribution < 1.29 is 13.2 Å². The highest BCUT2D eigenvalue weighted by atomic mass is 32.2. The van der Waals surface area contributed by atoms with Gasteiger partial charge in [-0.3, -0.25) is 4.79 Å². The maximum Gasteiger partial charge on any atom is 0.241 e. The Kier molecular flexibility index (Phi) is 4.44. The predicted molar refractivity (Wildman–Crippen MR) is 87.3 cm³/mol. The van der Waals surface area contributed by atoms with Crippen LogP contribution in [0, 0.1) is 5.41 Å². The zero-order valence-corrected chi connectivity index (χ0v) is 14.1. The van der Waals surface area contributed by atoms with Crippen LogP contribution in [0.25, 0.3) is 0 Å². The van der Waals surface area contributed by atoms with Gasteiger partial charge in [-0.2, -0.15) is 4.72 Å². The summed E-state index contributed by atoms with van der Waals surface area (Å²) in [6.07, 6.45) is 2.07. The van der Waals surface area contributed by atoms with Gasteiger partial charge >= 0.3 is 0 Å². The number of likely N-dealkylation sites (tertiary alicyclic amines) is 1. The Hall–Kier alpha value is -1.44. The van der Waals surface area contributed by atoms with Crippen LogP contribution < -0.4 is 10.0 Å². The second-order valence-electron chi connectivity index (χ2n) is 6.59. The van der Waals surface area contributed by atoms with Crippen molar-refractivity contribution >= 4 is 15.9 Å². The standard InChI is InChI=1S/C16H23N3O3S/c1-13(18-23(21,22)14-5-3-2-4-6-14)15(20)19-10-8-16(12-19)7-9-17-11-16/h2-6,13,17-18H,7-12H2,1H3. The van der Waals surface area contributed by atoms with Crippen LogP contribution in [0.15, 0.2) is 35.2 Å². The average molecular weight is 337 g/mol. The lowest BCUT2D eigenvalue weighted by molar-refractivity contribution is -0.131. The van der Waals surface area contributed by atoms with Crippen molar-refractivity contribution in [3.05, 3.63) is 30.3 Å². The van der Waals surface area contributed by atoms with Crippen molar-refractivity contribution in [2.45, 2.75) is 30.7 Å². The molecule has 2 aliphatic rings. The second-order valence-corrected chi connectivity index (χ2v) is 8.31. The molecular weight excluding hydrogens is 314 g/mol. The minimum absolute atomic E-state index is 0.145. The molecule has 1 aromatic carbocycles. The summed E-state index contributed by atoms with van der Waals surface area (Å²) in [5.74, 6) is -0.145. The van der Waals surface area contributed by atoms with E-state index in [9.17, 15) is 13.2 Å². The lowest BCUT2D eigenvalue weighted by Crippen LogP contribution is -2.46. The van der Waals surface area contributed by atoms with Crippen LogP contribution in [0.4, 0.5) is 0 Å². The zero-order valence-electron chi connectivity index (χ0n) is 13.3. The molecule has 1 aromatic rings. The number of hydrogen-bond donors (Lipinski definition) is 2. The number of carbonyl (C=O) groups excluding carboxylic acids is 1. The van der Waals surface area contributed by atoms with Crippen LogP contribution in [-0.4, -0.2) is 51.4 Å². The quantitative estimate of drug-likeness (QED) is 0.842. The molecule has 2 heterocycles. The fourth-order valence-corrected chi connectivity index (χ4v) is 4.71. The maximum absolute atomic E-state index is 12.6. The van der Waals surface area contributed by atoms with Crippen LogP contribution in [0.1, 0.15) is 19.8 Å². The molecule has 2 atom stereocenters. The van der Waals surface area contributed by atoms with Crippen molar-refractivity contribution in [2.24, 2.45) is 5.41 Å². The molecule has 1 amide bonds. The number of hydrogen-bond acceptors (Lipinski definition) is 4. The van der Waals surface area contributed by atoms with E-state index in [4.69, 9.17) is 0 Å². The minimum Gasteiger partial charge on any atom is -0.341 e. The molecule has 0 saturated carbocycles. The van der Waals surface area contributed by atoms with Gasteiger partial charge in [-0.05, 0) is 38.4 Å². The number of benzene rings is 1. The van der Waals surface area contributed by atoms with Gasteiger partial charge in [0.2, 0.25) is 15.9 Å². The molecule has 2 N–H and O–H groups in total.